The molecule has 0 saturated carbocycles. The van der Waals surface area contributed by atoms with Crippen molar-refractivity contribution in [2.24, 2.45) is 0 Å². The Labute approximate surface area is 107 Å². The zero-order valence-corrected chi connectivity index (χ0v) is 10.6. The SMILES string of the molecule is CCC(CO)(CO)Nc1ccc2ccccc2c1. The van der Waals surface area contributed by atoms with Gasteiger partial charge >= 0.3 is 0 Å². The molecule has 96 valence electrons. The van der Waals surface area contributed by atoms with Crippen LogP contribution >= 0.6 is 0 Å². The normalized spacial score (nSPS) is 11.7. The quantitative estimate of drug-likeness (QED) is 0.758. The molecule has 0 aliphatic heterocycles. The molecule has 0 aromatic heterocycles. The smallest absolute Gasteiger partial charge is 0.0832 e. The predicted molar refractivity (Wildman–Crippen MR) is 74.8 cm³/mol. The van der Waals surface area contributed by atoms with E-state index < -0.39 is 5.54 Å². The van der Waals surface area contributed by atoms with Crippen LogP contribution < -0.4 is 5.32 Å². The van der Waals surface area contributed by atoms with Crippen molar-refractivity contribution in [2.75, 3.05) is 18.5 Å². The Morgan fingerprint density at radius 3 is 2.28 bits per heavy atom. The molecule has 0 spiro atoms. The van der Waals surface area contributed by atoms with Gasteiger partial charge in [-0.1, -0.05) is 37.3 Å². The molecule has 2 aromatic rings. The molecule has 0 unspecified atom stereocenters. The lowest BCUT2D eigenvalue weighted by Gasteiger charge is -2.31. The maximum atomic E-state index is 9.43. The Bertz CT molecular complexity index is 512. The molecule has 3 nitrogen and oxygen atoms in total. The van der Waals surface area contributed by atoms with Crippen LogP contribution in [0.2, 0.25) is 0 Å². The lowest BCUT2D eigenvalue weighted by Crippen LogP contribution is -2.45. The molecule has 0 atom stereocenters. The van der Waals surface area contributed by atoms with E-state index in [1.54, 1.807) is 0 Å². The minimum Gasteiger partial charge on any atom is -0.394 e. The molecule has 0 aliphatic carbocycles. The van der Waals surface area contributed by atoms with Crippen molar-refractivity contribution in [3.05, 3.63) is 42.5 Å². The molecular weight excluding hydrogens is 226 g/mol. The molecule has 0 bridgehead atoms. The summed E-state index contributed by atoms with van der Waals surface area (Å²) in [5.41, 5.74) is 0.265. The molecule has 0 amide bonds. The molecular formula is C15H19NO2. The van der Waals surface area contributed by atoms with Crippen molar-refractivity contribution >= 4 is 16.5 Å². The first-order valence-electron chi connectivity index (χ1n) is 6.22. The van der Waals surface area contributed by atoms with Gasteiger partial charge in [-0.2, -0.15) is 0 Å². The number of nitrogens with one attached hydrogen (secondary N) is 1. The first-order valence-corrected chi connectivity index (χ1v) is 6.22. The van der Waals surface area contributed by atoms with Gasteiger partial charge in [0.05, 0.1) is 18.8 Å². The number of anilines is 1. The highest BCUT2D eigenvalue weighted by Gasteiger charge is 2.26. The average Bonchev–Trinajstić information content (AvgIpc) is 2.45. The fraction of sp³-hybridized carbons (Fsp3) is 0.333. The first-order chi connectivity index (χ1) is 8.73. The van der Waals surface area contributed by atoms with Crippen LogP contribution in [-0.2, 0) is 0 Å². The van der Waals surface area contributed by atoms with Crippen molar-refractivity contribution in [3.63, 3.8) is 0 Å². The summed E-state index contributed by atoms with van der Waals surface area (Å²) in [6.45, 7) is 1.76. The maximum Gasteiger partial charge on any atom is 0.0832 e. The van der Waals surface area contributed by atoms with Gasteiger partial charge in [0, 0.05) is 5.69 Å². The van der Waals surface area contributed by atoms with E-state index in [9.17, 15) is 10.2 Å². The van der Waals surface area contributed by atoms with Gasteiger partial charge in [-0.05, 0) is 29.3 Å². The molecule has 3 N–H and O–H groups in total. The summed E-state index contributed by atoms with van der Waals surface area (Å²) in [4.78, 5) is 0. The number of hydrogen-bond acceptors (Lipinski definition) is 3. The van der Waals surface area contributed by atoms with Crippen molar-refractivity contribution in [1.29, 1.82) is 0 Å². The van der Waals surface area contributed by atoms with Crippen LogP contribution in [0.5, 0.6) is 0 Å². The highest BCUT2D eigenvalue weighted by Crippen LogP contribution is 2.23. The van der Waals surface area contributed by atoms with Gasteiger partial charge in [-0.15, -0.1) is 0 Å². The Kier molecular flexibility index (Phi) is 3.84. The van der Waals surface area contributed by atoms with Crippen molar-refractivity contribution in [1.82, 2.24) is 0 Å². The average molecular weight is 245 g/mol. The summed E-state index contributed by atoms with van der Waals surface area (Å²) in [7, 11) is 0. The van der Waals surface area contributed by atoms with Crippen LogP contribution in [0, 0.1) is 0 Å². The van der Waals surface area contributed by atoms with Gasteiger partial charge in [-0.3, -0.25) is 0 Å². The van der Waals surface area contributed by atoms with Crippen LogP contribution in [-0.4, -0.2) is 29.0 Å². The Morgan fingerprint density at radius 2 is 1.67 bits per heavy atom. The van der Waals surface area contributed by atoms with Gasteiger partial charge in [0.2, 0.25) is 0 Å². The molecule has 0 saturated heterocycles. The fourth-order valence-corrected chi connectivity index (χ4v) is 2.01. The van der Waals surface area contributed by atoms with Gasteiger partial charge in [0.15, 0.2) is 0 Å². The number of benzene rings is 2. The van der Waals surface area contributed by atoms with E-state index in [0.717, 1.165) is 11.1 Å². The summed E-state index contributed by atoms with van der Waals surface area (Å²) < 4.78 is 0. The zero-order chi connectivity index (χ0) is 13.0. The molecule has 2 aromatic carbocycles. The summed E-state index contributed by atoms with van der Waals surface area (Å²) >= 11 is 0. The topological polar surface area (TPSA) is 52.5 Å². The Hall–Kier alpha value is -1.58. The number of hydrogen-bond donors (Lipinski definition) is 3. The summed E-state index contributed by atoms with van der Waals surface area (Å²) in [6.07, 6.45) is 0.660. The minimum atomic E-state index is -0.650. The Balaban J connectivity index is 2.31. The summed E-state index contributed by atoms with van der Waals surface area (Å²) in [5.74, 6) is 0. The molecule has 0 fully saturated rings. The minimum absolute atomic E-state index is 0.0904. The standard InChI is InChI=1S/C15H19NO2/c1-2-15(10-17,11-18)16-14-8-7-12-5-3-4-6-13(12)9-14/h3-9,16-18H,2,10-11H2,1H3. The van der Waals surface area contributed by atoms with E-state index in [4.69, 9.17) is 0 Å². The fourth-order valence-electron chi connectivity index (χ4n) is 2.01. The lowest BCUT2D eigenvalue weighted by atomic mass is 9.97. The number of fused-ring (bicyclic) bond motifs is 1. The molecule has 2 rings (SSSR count). The van der Waals surface area contributed by atoms with Gasteiger partial charge < -0.3 is 15.5 Å². The van der Waals surface area contributed by atoms with E-state index >= 15 is 0 Å². The second-order valence-corrected chi connectivity index (χ2v) is 4.64. The van der Waals surface area contributed by atoms with E-state index in [2.05, 4.69) is 11.4 Å². The third-order valence-electron chi connectivity index (χ3n) is 3.44. The molecule has 18 heavy (non-hydrogen) atoms. The number of rotatable bonds is 5. The van der Waals surface area contributed by atoms with Gasteiger partial charge in [0.25, 0.3) is 0 Å². The van der Waals surface area contributed by atoms with Crippen LogP contribution in [0.4, 0.5) is 5.69 Å². The number of aliphatic hydroxyl groups excluding tert-OH is 2. The third-order valence-corrected chi connectivity index (χ3v) is 3.44. The van der Waals surface area contributed by atoms with Gasteiger partial charge in [-0.25, -0.2) is 0 Å². The second kappa shape index (κ2) is 5.38. The van der Waals surface area contributed by atoms with Crippen molar-refractivity contribution in [2.45, 2.75) is 18.9 Å². The number of aliphatic hydroxyl groups is 2. The van der Waals surface area contributed by atoms with Crippen molar-refractivity contribution < 1.29 is 10.2 Å². The van der Waals surface area contributed by atoms with Crippen molar-refractivity contribution in [3.8, 4) is 0 Å². The molecule has 0 aliphatic rings. The highest BCUT2D eigenvalue weighted by atomic mass is 16.3. The van der Waals surface area contributed by atoms with Crippen LogP contribution in [0.3, 0.4) is 0 Å². The van der Waals surface area contributed by atoms with Gasteiger partial charge in [0.1, 0.15) is 0 Å². The van der Waals surface area contributed by atoms with Crippen LogP contribution in [0.25, 0.3) is 10.8 Å². The van der Waals surface area contributed by atoms with Crippen LogP contribution in [0.1, 0.15) is 13.3 Å². The maximum absolute atomic E-state index is 9.43. The first kappa shape index (κ1) is 12.9. The Morgan fingerprint density at radius 1 is 1.00 bits per heavy atom. The summed E-state index contributed by atoms with van der Waals surface area (Å²) in [6, 6.07) is 14.1. The molecule has 0 heterocycles. The third kappa shape index (κ3) is 2.47. The largest absolute Gasteiger partial charge is 0.394 e. The van der Waals surface area contributed by atoms with E-state index in [1.807, 2.05) is 43.3 Å². The van der Waals surface area contributed by atoms with E-state index in [1.165, 1.54) is 5.39 Å². The van der Waals surface area contributed by atoms with E-state index in [0.29, 0.717) is 6.42 Å². The zero-order valence-electron chi connectivity index (χ0n) is 10.6. The van der Waals surface area contributed by atoms with E-state index in [-0.39, 0.29) is 13.2 Å². The van der Waals surface area contributed by atoms with Crippen LogP contribution in [0.15, 0.2) is 42.5 Å². The monoisotopic (exact) mass is 245 g/mol. The predicted octanol–water partition coefficient (Wildman–Crippen LogP) is 2.39. The molecule has 3 heteroatoms. The summed E-state index contributed by atoms with van der Waals surface area (Å²) in [5, 5.41) is 24.4. The molecule has 0 radical (unpaired) electrons. The lowest BCUT2D eigenvalue weighted by molar-refractivity contribution is 0.132. The highest BCUT2D eigenvalue weighted by molar-refractivity contribution is 5.85. The second-order valence-electron chi connectivity index (χ2n) is 4.64.